The molecule has 2 atom stereocenters. The molecule has 2 aliphatic rings. The molecule has 1 aromatic carbocycles. The second-order valence-corrected chi connectivity index (χ2v) is 12.3. The van der Waals surface area contributed by atoms with Gasteiger partial charge in [-0.2, -0.15) is 4.72 Å². The summed E-state index contributed by atoms with van der Waals surface area (Å²) < 4.78 is 29.5. The molecule has 0 aliphatic carbocycles. The highest BCUT2D eigenvalue weighted by Gasteiger charge is 2.36. The smallest absolute Gasteiger partial charge is 0.250 e. The van der Waals surface area contributed by atoms with E-state index in [4.69, 9.17) is 11.6 Å². The third kappa shape index (κ3) is 5.96. The first kappa shape index (κ1) is 25.9. The van der Waals surface area contributed by atoms with E-state index in [1.807, 2.05) is 0 Å². The highest BCUT2D eigenvalue weighted by molar-refractivity contribution is 7.91. The molecule has 1 aromatic heterocycles. The van der Waals surface area contributed by atoms with Crippen molar-refractivity contribution in [3.63, 3.8) is 0 Å². The summed E-state index contributed by atoms with van der Waals surface area (Å²) in [7, 11) is -3.92. The third-order valence-corrected chi connectivity index (χ3v) is 9.72. The SMILES string of the molecule is CCC(=O)NC[C@@H]1CCCN1C(=O)CN1CCCC(NS(=O)(=O)c2cc3cc(Cl)ccc3s2)C1=O. The number of likely N-dealkylation sites (tertiary alicyclic amines) is 2. The summed E-state index contributed by atoms with van der Waals surface area (Å²) in [6.07, 6.45) is 2.98. The standard InChI is InChI=1S/C23H29ClN4O5S2/c1-2-20(29)25-13-17-5-3-10-28(17)21(30)14-27-9-4-6-18(23(27)31)26-35(32,33)22-12-15-11-16(24)7-8-19(15)34-22/h7-8,11-12,17-18,26H,2-6,9-10,13-14H2,1H3,(H,25,29)/t17-,18?/m0/s1. The van der Waals surface area contributed by atoms with Gasteiger partial charge in [0, 0.05) is 41.8 Å². The summed E-state index contributed by atoms with van der Waals surface area (Å²) >= 11 is 7.12. The van der Waals surface area contributed by atoms with Crippen LogP contribution in [0.15, 0.2) is 28.5 Å². The predicted molar refractivity (Wildman–Crippen MR) is 135 cm³/mol. The van der Waals surface area contributed by atoms with Crippen LogP contribution in [0.1, 0.15) is 39.0 Å². The number of hydrogen-bond donors (Lipinski definition) is 2. The number of nitrogens with zero attached hydrogens (tertiary/aromatic N) is 2. The monoisotopic (exact) mass is 540 g/mol. The number of fused-ring (bicyclic) bond motifs is 1. The van der Waals surface area contributed by atoms with E-state index >= 15 is 0 Å². The van der Waals surface area contributed by atoms with E-state index in [-0.39, 0.29) is 28.6 Å². The zero-order valence-corrected chi connectivity index (χ0v) is 21.8. The molecule has 0 saturated carbocycles. The number of sulfonamides is 1. The molecule has 1 unspecified atom stereocenters. The maximum Gasteiger partial charge on any atom is 0.250 e. The molecule has 190 valence electrons. The summed E-state index contributed by atoms with van der Waals surface area (Å²) in [6.45, 7) is 3.05. The number of nitrogens with one attached hydrogen (secondary N) is 2. The Hall–Kier alpha value is -2.21. The highest BCUT2D eigenvalue weighted by Crippen LogP contribution is 2.31. The predicted octanol–water partition coefficient (Wildman–Crippen LogP) is 2.34. The van der Waals surface area contributed by atoms with E-state index in [0.717, 1.165) is 34.3 Å². The first-order valence-corrected chi connectivity index (χ1v) is 14.4. The molecule has 4 rings (SSSR count). The van der Waals surface area contributed by atoms with Crippen molar-refractivity contribution in [1.29, 1.82) is 0 Å². The fourth-order valence-electron chi connectivity index (χ4n) is 4.56. The first-order valence-electron chi connectivity index (χ1n) is 11.7. The summed E-state index contributed by atoms with van der Waals surface area (Å²) in [5.74, 6) is -0.642. The Morgan fingerprint density at radius 3 is 2.71 bits per heavy atom. The Morgan fingerprint density at radius 2 is 1.94 bits per heavy atom. The molecular formula is C23H29ClN4O5S2. The lowest BCUT2D eigenvalue weighted by Crippen LogP contribution is -2.55. The number of hydrogen-bond acceptors (Lipinski definition) is 6. The summed E-state index contributed by atoms with van der Waals surface area (Å²) in [4.78, 5) is 40.8. The molecule has 3 heterocycles. The molecule has 2 fully saturated rings. The molecule has 2 aromatic rings. The molecule has 3 amide bonds. The Morgan fingerprint density at radius 1 is 1.17 bits per heavy atom. The second kappa shape index (κ2) is 10.8. The van der Waals surface area contributed by atoms with E-state index in [1.165, 1.54) is 4.90 Å². The lowest BCUT2D eigenvalue weighted by atomic mass is 10.1. The Balaban J connectivity index is 1.39. The van der Waals surface area contributed by atoms with Crippen molar-refractivity contribution >= 4 is 60.8 Å². The summed E-state index contributed by atoms with van der Waals surface area (Å²) in [6, 6.07) is 5.70. The van der Waals surface area contributed by atoms with Gasteiger partial charge in [-0.15, -0.1) is 11.3 Å². The van der Waals surface area contributed by atoms with Gasteiger partial charge < -0.3 is 15.1 Å². The quantitative estimate of drug-likeness (QED) is 0.533. The van der Waals surface area contributed by atoms with Gasteiger partial charge in [-0.3, -0.25) is 14.4 Å². The molecule has 2 aliphatic heterocycles. The van der Waals surface area contributed by atoms with Crippen LogP contribution >= 0.6 is 22.9 Å². The molecule has 12 heteroatoms. The van der Waals surface area contributed by atoms with Crippen LogP contribution in [0.5, 0.6) is 0 Å². The van der Waals surface area contributed by atoms with E-state index in [0.29, 0.717) is 43.9 Å². The van der Waals surface area contributed by atoms with E-state index in [2.05, 4.69) is 10.0 Å². The Bertz CT molecular complexity index is 1230. The zero-order valence-electron chi connectivity index (χ0n) is 19.5. The zero-order chi connectivity index (χ0) is 25.2. The maximum absolute atomic E-state index is 13.1. The van der Waals surface area contributed by atoms with Gasteiger partial charge in [-0.05, 0) is 55.3 Å². The lowest BCUT2D eigenvalue weighted by Gasteiger charge is -2.34. The number of benzene rings is 1. The number of carbonyl (C=O) groups is 3. The van der Waals surface area contributed by atoms with Crippen molar-refractivity contribution in [2.24, 2.45) is 0 Å². The molecule has 0 bridgehead atoms. The molecule has 0 spiro atoms. The second-order valence-electron chi connectivity index (χ2n) is 8.86. The number of rotatable bonds is 8. The van der Waals surface area contributed by atoms with Crippen molar-refractivity contribution in [1.82, 2.24) is 19.8 Å². The number of thiophene rings is 1. The molecule has 0 radical (unpaired) electrons. The maximum atomic E-state index is 13.1. The minimum atomic E-state index is -3.92. The minimum absolute atomic E-state index is 0.0626. The van der Waals surface area contributed by atoms with E-state index in [1.54, 1.807) is 36.1 Å². The van der Waals surface area contributed by atoms with Crippen molar-refractivity contribution < 1.29 is 22.8 Å². The molecular weight excluding hydrogens is 512 g/mol. The van der Waals surface area contributed by atoms with Gasteiger partial charge in [-0.1, -0.05) is 18.5 Å². The van der Waals surface area contributed by atoms with Crippen LogP contribution < -0.4 is 10.0 Å². The van der Waals surface area contributed by atoms with Gasteiger partial charge in [0.1, 0.15) is 10.3 Å². The first-order chi connectivity index (χ1) is 16.7. The van der Waals surface area contributed by atoms with Crippen molar-refractivity contribution in [2.45, 2.75) is 55.3 Å². The van der Waals surface area contributed by atoms with Crippen molar-refractivity contribution in [3.05, 3.63) is 29.3 Å². The molecule has 35 heavy (non-hydrogen) atoms. The van der Waals surface area contributed by atoms with Crippen LogP contribution in [0.4, 0.5) is 0 Å². The van der Waals surface area contributed by atoms with Gasteiger partial charge in [0.2, 0.25) is 17.7 Å². The molecule has 2 N–H and O–H groups in total. The summed E-state index contributed by atoms with van der Waals surface area (Å²) in [5.41, 5.74) is 0. The van der Waals surface area contributed by atoms with Gasteiger partial charge in [0.15, 0.2) is 0 Å². The Kier molecular flexibility index (Phi) is 7.99. The lowest BCUT2D eigenvalue weighted by molar-refractivity contribution is -0.143. The van der Waals surface area contributed by atoms with Crippen molar-refractivity contribution in [3.8, 4) is 0 Å². The molecule has 2 saturated heterocycles. The normalized spacial score (nSPS) is 21.0. The van der Waals surface area contributed by atoms with Crippen LogP contribution in [0.2, 0.25) is 5.02 Å². The van der Waals surface area contributed by atoms with Gasteiger partial charge >= 0.3 is 0 Å². The van der Waals surface area contributed by atoms with Crippen LogP contribution in [-0.2, 0) is 24.4 Å². The van der Waals surface area contributed by atoms with Crippen LogP contribution in [-0.4, -0.2) is 74.2 Å². The third-order valence-electron chi connectivity index (χ3n) is 6.43. The fraction of sp³-hybridized carbons (Fsp3) is 0.522. The van der Waals surface area contributed by atoms with E-state index < -0.39 is 22.0 Å². The average Bonchev–Trinajstić information content (AvgIpc) is 3.47. The Labute approximate surface area is 213 Å². The number of piperidine rings is 1. The number of halogens is 1. The van der Waals surface area contributed by atoms with Crippen LogP contribution in [0.3, 0.4) is 0 Å². The average molecular weight is 541 g/mol. The summed E-state index contributed by atoms with van der Waals surface area (Å²) in [5, 5.41) is 4.08. The van der Waals surface area contributed by atoms with Crippen LogP contribution in [0.25, 0.3) is 10.1 Å². The van der Waals surface area contributed by atoms with Crippen LogP contribution in [0, 0.1) is 0 Å². The van der Waals surface area contributed by atoms with Crippen molar-refractivity contribution in [2.75, 3.05) is 26.2 Å². The fourth-order valence-corrected chi connectivity index (χ4v) is 7.36. The number of amides is 3. The topological polar surface area (TPSA) is 116 Å². The van der Waals surface area contributed by atoms with Gasteiger partial charge in [0.25, 0.3) is 10.0 Å². The minimum Gasteiger partial charge on any atom is -0.354 e. The highest BCUT2D eigenvalue weighted by atomic mass is 35.5. The largest absolute Gasteiger partial charge is 0.354 e. The molecule has 9 nitrogen and oxygen atoms in total. The van der Waals surface area contributed by atoms with E-state index in [9.17, 15) is 22.8 Å². The van der Waals surface area contributed by atoms with Gasteiger partial charge in [-0.25, -0.2) is 8.42 Å². The number of carbonyl (C=O) groups excluding carboxylic acids is 3. The van der Waals surface area contributed by atoms with Gasteiger partial charge in [0.05, 0.1) is 6.54 Å².